The van der Waals surface area contributed by atoms with Gasteiger partial charge >= 0.3 is 0 Å². The van der Waals surface area contributed by atoms with E-state index < -0.39 is 0 Å². The average Bonchev–Trinajstić information content (AvgIpc) is 2.23. The van der Waals surface area contributed by atoms with Crippen molar-refractivity contribution in [2.75, 3.05) is 31.7 Å². The lowest BCUT2D eigenvalue weighted by Crippen LogP contribution is -2.28. The van der Waals surface area contributed by atoms with Crippen molar-refractivity contribution in [1.82, 2.24) is 4.90 Å². The summed E-state index contributed by atoms with van der Waals surface area (Å²) in [5, 5.41) is 3.03. The molecule has 0 spiro atoms. The van der Waals surface area contributed by atoms with Crippen LogP contribution in [0.25, 0.3) is 0 Å². The third-order valence-corrected chi connectivity index (χ3v) is 2.24. The van der Waals surface area contributed by atoms with Gasteiger partial charge in [-0.25, -0.2) is 0 Å². The molecule has 0 saturated carbocycles. The summed E-state index contributed by atoms with van der Waals surface area (Å²) in [4.78, 5) is 13.0. The molecule has 0 bridgehead atoms. The summed E-state index contributed by atoms with van der Waals surface area (Å²) in [5.41, 5.74) is 7.17. The summed E-state index contributed by atoms with van der Waals surface area (Å²) in [6.45, 7) is 4.13. The predicted molar refractivity (Wildman–Crippen MR) is 73.8 cm³/mol. The Morgan fingerprint density at radius 3 is 2.61 bits per heavy atom. The number of hydrogen-bond acceptors (Lipinski definition) is 4. The Balaban J connectivity index is 2.71. The number of carbonyl (C=O) groups is 1. The van der Waals surface area contributed by atoms with Crippen LogP contribution in [0.3, 0.4) is 0 Å². The monoisotopic (exact) mass is 251 g/mol. The summed E-state index contributed by atoms with van der Waals surface area (Å²) in [5.74, 6) is 0.702. The van der Waals surface area contributed by atoms with E-state index >= 15 is 0 Å². The van der Waals surface area contributed by atoms with E-state index in [1.54, 1.807) is 26.2 Å². The van der Waals surface area contributed by atoms with Crippen LogP contribution in [-0.4, -0.2) is 37.6 Å². The second-order valence-corrected chi connectivity index (χ2v) is 4.60. The van der Waals surface area contributed by atoms with Crippen molar-refractivity contribution in [1.29, 1.82) is 0 Å². The van der Waals surface area contributed by atoms with Crippen LogP contribution in [0.5, 0.6) is 5.75 Å². The Kier molecular flexibility index (Phi) is 4.83. The highest BCUT2D eigenvalue weighted by Crippen LogP contribution is 2.23. The van der Waals surface area contributed by atoms with Crippen molar-refractivity contribution in [2.24, 2.45) is 0 Å². The van der Waals surface area contributed by atoms with Crippen molar-refractivity contribution in [2.45, 2.75) is 20.0 Å². The number of anilines is 2. The summed E-state index contributed by atoms with van der Waals surface area (Å²) in [7, 11) is 3.44. The van der Waals surface area contributed by atoms with Gasteiger partial charge in [0.15, 0.2) is 0 Å². The molecule has 0 fully saturated rings. The van der Waals surface area contributed by atoms with E-state index in [9.17, 15) is 4.79 Å². The van der Waals surface area contributed by atoms with Gasteiger partial charge in [-0.15, -0.1) is 0 Å². The topological polar surface area (TPSA) is 67.6 Å². The van der Waals surface area contributed by atoms with Gasteiger partial charge in [-0.05, 0) is 19.9 Å². The van der Waals surface area contributed by atoms with Crippen molar-refractivity contribution in [3.05, 3.63) is 18.2 Å². The molecule has 18 heavy (non-hydrogen) atoms. The van der Waals surface area contributed by atoms with Gasteiger partial charge in [-0.2, -0.15) is 0 Å². The number of nitrogens with two attached hydrogens (primary N) is 1. The van der Waals surface area contributed by atoms with Gasteiger partial charge in [-0.3, -0.25) is 4.79 Å². The molecule has 0 aliphatic heterocycles. The SMILES string of the molecule is CC(C)Oc1cc(N)cc(NCC(=O)N(C)C)c1. The number of ether oxygens (including phenoxy) is 1. The van der Waals surface area contributed by atoms with Gasteiger partial charge in [0.1, 0.15) is 5.75 Å². The number of carbonyl (C=O) groups excluding carboxylic acids is 1. The van der Waals surface area contributed by atoms with Crippen LogP contribution in [-0.2, 0) is 4.79 Å². The van der Waals surface area contributed by atoms with E-state index in [2.05, 4.69) is 5.32 Å². The fourth-order valence-corrected chi connectivity index (χ4v) is 1.40. The highest BCUT2D eigenvalue weighted by Gasteiger charge is 2.05. The highest BCUT2D eigenvalue weighted by atomic mass is 16.5. The Labute approximate surface area is 108 Å². The standard InChI is InChI=1S/C13H21N3O2/c1-9(2)18-12-6-10(14)5-11(7-12)15-8-13(17)16(3)4/h5-7,9,15H,8,14H2,1-4H3. The summed E-state index contributed by atoms with van der Waals surface area (Å²) in [6, 6.07) is 5.37. The molecule has 1 aromatic carbocycles. The Morgan fingerprint density at radius 2 is 2.06 bits per heavy atom. The Bertz CT molecular complexity index is 417. The van der Waals surface area contributed by atoms with Gasteiger partial charge in [0.25, 0.3) is 0 Å². The molecule has 0 heterocycles. The molecular formula is C13H21N3O2. The van der Waals surface area contributed by atoms with E-state index in [4.69, 9.17) is 10.5 Å². The first-order chi connectivity index (χ1) is 8.38. The van der Waals surface area contributed by atoms with Crippen LogP contribution in [0.1, 0.15) is 13.8 Å². The maximum Gasteiger partial charge on any atom is 0.241 e. The number of nitrogens with zero attached hydrogens (tertiary/aromatic N) is 1. The molecule has 1 aromatic rings. The molecule has 100 valence electrons. The van der Waals surface area contributed by atoms with Crippen molar-refractivity contribution in [3.8, 4) is 5.75 Å². The first-order valence-corrected chi connectivity index (χ1v) is 5.89. The fraction of sp³-hybridized carbons (Fsp3) is 0.462. The Morgan fingerprint density at radius 1 is 1.39 bits per heavy atom. The first kappa shape index (κ1) is 14.2. The lowest BCUT2D eigenvalue weighted by molar-refractivity contribution is -0.126. The molecule has 3 N–H and O–H groups in total. The molecule has 0 atom stereocenters. The maximum absolute atomic E-state index is 11.5. The molecule has 0 radical (unpaired) electrons. The minimum Gasteiger partial charge on any atom is -0.491 e. The highest BCUT2D eigenvalue weighted by molar-refractivity contribution is 5.80. The number of nitrogens with one attached hydrogen (secondary N) is 1. The number of rotatable bonds is 5. The second kappa shape index (κ2) is 6.14. The zero-order valence-corrected chi connectivity index (χ0v) is 11.4. The molecule has 0 aliphatic carbocycles. The predicted octanol–water partition coefficient (Wildman–Crippen LogP) is 1.56. The van der Waals surface area contributed by atoms with Crippen LogP contribution >= 0.6 is 0 Å². The van der Waals surface area contributed by atoms with E-state index in [1.807, 2.05) is 19.9 Å². The molecule has 1 rings (SSSR count). The number of nitrogen functional groups attached to an aromatic ring is 1. The van der Waals surface area contributed by atoms with Gasteiger partial charge in [-0.1, -0.05) is 0 Å². The van der Waals surface area contributed by atoms with E-state index in [0.29, 0.717) is 11.4 Å². The van der Waals surface area contributed by atoms with Crippen molar-refractivity contribution >= 4 is 17.3 Å². The summed E-state index contributed by atoms with van der Waals surface area (Å²) in [6.07, 6.45) is 0.0862. The van der Waals surface area contributed by atoms with Crippen LogP contribution < -0.4 is 15.8 Å². The quantitative estimate of drug-likeness (QED) is 0.779. The minimum atomic E-state index is 0.00347. The Hall–Kier alpha value is -1.91. The molecule has 0 saturated heterocycles. The van der Waals surface area contributed by atoms with Crippen LogP contribution in [0.4, 0.5) is 11.4 Å². The number of amides is 1. The third-order valence-electron chi connectivity index (χ3n) is 2.24. The van der Waals surface area contributed by atoms with Gasteiger partial charge < -0.3 is 20.7 Å². The minimum absolute atomic E-state index is 0.00347. The molecule has 5 nitrogen and oxygen atoms in total. The lowest BCUT2D eigenvalue weighted by Gasteiger charge is -2.14. The molecule has 5 heteroatoms. The number of likely N-dealkylation sites (N-methyl/N-ethyl adjacent to an activating group) is 1. The lowest BCUT2D eigenvalue weighted by atomic mass is 10.2. The van der Waals surface area contributed by atoms with Crippen molar-refractivity contribution in [3.63, 3.8) is 0 Å². The zero-order chi connectivity index (χ0) is 13.7. The van der Waals surface area contributed by atoms with Gasteiger partial charge in [0.2, 0.25) is 5.91 Å². The van der Waals surface area contributed by atoms with Crippen LogP contribution in [0.2, 0.25) is 0 Å². The fourth-order valence-electron chi connectivity index (χ4n) is 1.40. The molecule has 0 unspecified atom stereocenters. The molecule has 0 aromatic heterocycles. The normalized spacial score (nSPS) is 10.3. The second-order valence-electron chi connectivity index (χ2n) is 4.60. The molecule has 1 amide bonds. The van der Waals surface area contributed by atoms with Crippen LogP contribution in [0, 0.1) is 0 Å². The van der Waals surface area contributed by atoms with E-state index in [1.165, 1.54) is 4.90 Å². The number of benzene rings is 1. The molecular weight excluding hydrogens is 230 g/mol. The largest absolute Gasteiger partial charge is 0.491 e. The maximum atomic E-state index is 11.5. The average molecular weight is 251 g/mol. The summed E-state index contributed by atoms with van der Waals surface area (Å²) < 4.78 is 5.57. The van der Waals surface area contributed by atoms with Gasteiger partial charge in [0.05, 0.1) is 12.6 Å². The van der Waals surface area contributed by atoms with Crippen LogP contribution in [0.15, 0.2) is 18.2 Å². The number of hydrogen-bond donors (Lipinski definition) is 2. The van der Waals surface area contributed by atoms with E-state index in [0.717, 1.165) is 5.69 Å². The van der Waals surface area contributed by atoms with Gasteiger partial charge in [0, 0.05) is 37.6 Å². The third kappa shape index (κ3) is 4.53. The smallest absolute Gasteiger partial charge is 0.241 e. The molecule has 0 aliphatic rings. The zero-order valence-electron chi connectivity index (χ0n) is 11.4. The first-order valence-electron chi connectivity index (χ1n) is 5.89. The summed E-state index contributed by atoms with van der Waals surface area (Å²) >= 11 is 0. The van der Waals surface area contributed by atoms with Crippen molar-refractivity contribution < 1.29 is 9.53 Å². The van der Waals surface area contributed by atoms with E-state index in [-0.39, 0.29) is 18.6 Å².